The molecular formula is C14H20N2O4S. The molecule has 0 spiro atoms. The maximum Gasteiger partial charge on any atom is 0.252 e. The molecule has 0 saturated heterocycles. The summed E-state index contributed by atoms with van der Waals surface area (Å²) in [5.41, 5.74) is 6.01. The van der Waals surface area contributed by atoms with E-state index in [1.807, 2.05) is 0 Å². The number of likely N-dealkylation sites (N-methyl/N-ethyl adjacent to an activating group) is 1. The van der Waals surface area contributed by atoms with E-state index in [1.54, 1.807) is 13.8 Å². The van der Waals surface area contributed by atoms with Crippen LogP contribution in [-0.2, 0) is 10.0 Å². The van der Waals surface area contributed by atoms with E-state index < -0.39 is 15.9 Å². The summed E-state index contributed by atoms with van der Waals surface area (Å²) in [6.07, 6.45) is 0. The van der Waals surface area contributed by atoms with Crippen molar-refractivity contribution in [1.82, 2.24) is 4.31 Å². The largest absolute Gasteiger partial charge is 0.496 e. The molecule has 0 aliphatic carbocycles. The number of carbonyl (C=O) groups is 1. The summed E-state index contributed by atoms with van der Waals surface area (Å²) < 4.78 is 31.4. The van der Waals surface area contributed by atoms with Gasteiger partial charge in [0.15, 0.2) is 0 Å². The molecule has 0 bridgehead atoms. The molecule has 1 aromatic rings. The number of nitrogens with two attached hydrogens (primary N) is 1. The van der Waals surface area contributed by atoms with Crippen LogP contribution >= 0.6 is 0 Å². The average Bonchev–Trinajstić information content (AvgIpc) is 2.43. The van der Waals surface area contributed by atoms with Crippen LogP contribution in [-0.4, -0.2) is 38.8 Å². The first kappa shape index (κ1) is 17.2. The molecule has 1 aromatic carbocycles. The minimum Gasteiger partial charge on any atom is -0.496 e. The van der Waals surface area contributed by atoms with Crippen molar-refractivity contribution < 1.29 is 17.9 Å². The highest BCUT2D eigenvalue weighted by atomic mass is 32.2. The Balaban J connectivity index is 3.34. The summed E-state index contributed by atoms with van der Waals surface area (Å²) >= 11 is 0. The predicted molar refractivity (Wildman–Crippen MR) is 80.8 cm³/mol. The Morgan fingerprint density at radius 3 is 2.48 bits per heavy atom. The SMILES string of the molecule is C=C(C)CN(CC)S(=O)(=O)c1ccc(OC)c(C(N)=O)c1. The summed E-state index contributed by atoms with van der Waals surface area (Å²) in [6, 6.07) is 4.04. The molecule has 0 fully saturated rings. The number of ether oxygens (including phenoxy) is 1. The van der Waals surface area contributed by atoms with Crippen molar-refractivity contribution in [2.24, 2.45) is 5.73 Å². The van der Waals surface area contributed by atoms with Crippen molar-refractivity contribution in [3.8, 4) is 5.75 Å². The molecular weight excluding hydrogens is 292 g/mol. The van der Waals surface area contributed by atoms with Gasteiger partial charge in [-0.3, -0.25) is 4.79 Å². The normalized spacial score (nSPS) is 11.4. The lowest BCUT2D eigenvalue weighted by Gasteiger charge is -2.21. The minimum atomic E-state index is -3.72. The molecule has 6 nitrogen and oxygen atoms in total. The molecule has 0 heterocycles. The molecule has 0 aliphatic heterocycles. The lowest BCUT2D eigenvalue weighted by Crippen LogP contribution is -2.32. The van der Waals surface area contributed by atoms with Gasteiger partial charge < -0.3 is 10.5 Å². The maximum atomic E-state index is 12.6. The Bertz CT molecular complexity index is 653. The highest BCUT2D eigenvalue weighted by Gasteiger charge is 2.24. The molecule has 0 saturated carbocycles. The lowest BCUT2D eigenvalue weighted by atomic mass is 10.2. The number of sulfonamides is 1. The zero-order chi connectivity index (χ0) is 16.2. The topological polar surface area (TPSA) is 89.7 Å². The number of hydrogen-bond donors (Lipinski definition) is 1. The fraction of sp³-hybridized carbons (Fsp3) is 0.357. The van der Waals surface area contributed by atoms with Crippen molar-refractivity contribution in [2.75, 3.05) is 20.2 Å². The van der Waals surface area contributed by atoms with Crippen LogP contribution in [0.5, 0.6) is 5.75 Å². The molecule has 0 atom stereocenters. The van der Waals surface area contributed by atoms with Gasteiger partial charge in [0.25, 0.3) is 5.91 Å². The fourth-order valence-corrected chi connectivity index (χ4v) is 3.39. The van der Waals surface area contributed by atoms with Crippen molar-refractivity contribution >= 4 is 15.9 Å². The van der Waals surface area contributed by atoms with E-state index in [4.69, 9.17) is 10.5 Å². The number of benzene rings is 1. The van der Waals surface area contributed by atoms with Crippen LogP contribution in [0.4, 0.5) is 0 Å². The standard InChI is InChI=1S/C14H20N2O4S/c1-5-16(9-10(2)3)21(18,19)11-6-7-13(20-4)12(8-11)14(15)17/h6-8H,2,5,9H2,1,3-4H3,(H2,15,17). The van der Waals surface area contributed by atoms with Gasteiger partial charge in [0, 0.05) is 13.1 Å². The smallest absolute Gasteiger partial charge is 0.252 e. The molecule has 0 radical (unpaired) electrons. The molecule has 7 heteroatoms. The van der Waals surface area contributed by atoms with Gasteiger partial charge in [0.05, 0.1) is 17.6 Å². The zero-order valence-electron chi connectivity index (χ0n) is 12.4. The lowest BCUT2D eigenvalue weighted by molar-refractivity contribution is 0.0997. The first-order valence-electron chi connectivity index (χ1n) is 6.36. The molecule has 1 amide bonds. The summed E-state index contributed by atoms with van der Waals surface area (Å²) in [4.78, 5) is 11.4. The van der Waals surface area contributed by atoms with Gasteiger partial charge in [-0.15, -0.1) is 0 Å². The van der Waals surface area contributed by atoms with Crippen molar-refractivity contribution in [3.05, 3.63) is 35.9 Å². The van der Waals surface area contributed by atoms with Gasteiger partial charge in [0.1, 0.15) is 5.75 Å². The third-order valence-electron chi connectivity index (χ3n) is 2.87. The predicted octanol–water partition coefficient (Wildman–Crippen LogP) is 1.38. The number of hydrogen-bond acceptors (Lipinski definition) is 4. The third kappa shape index (κ3) is 3.83. The van der Waals surface area contributed by atoms with E-state index in [1.165, 1.54) is 29.6 Å². The van der Waals surface area contributed by atoms with Crippen molar-refractivity contribution in [2.45, 2.75) is 18.7 Å². The molecule has 0 aromatic heterocycles. The highest BCUT2D eigenvalue weighted by Crippen LogP contribution is 2.24. The maximum absolute atomic E-state index is 12.6. The van der Waals surface area contributed by atoms with Crippen molar-refractivity contribution in [3.63, 3.8) is 0 Å². The molecule has 21 heavy (non-hydrogen) atoms. The van der Waals surface area contributed by atoms with Gasteiger partial charge in [-0.05, 0) is 25.1 Å². The molecule has 0 aliphatic rings. The Morgan fingerprint density at radius 1 is 1.43 bits per heavy atom. The number of carbonyl (C=O) groups excluding carboxylic acids is 1. The van der Waals surface area contributed by atoms with E-state index >= 15 is 0 Å². The van der Waals surface area contributed by atoms with Crippen LogP contribution in [0.1, 0.15) is 24.2 Å². The van der Waals surface area contributed by atoms with Crippen molar-refractivity contribution in [1.29, 1.82) is 0 Å². The minimum absolute atomic E-state index is 0.000185. The quantitative estimate of drug-likeness (QED) is 0.770. The first-order valence-corrected chi connectivity index (χ1v) is 7.80. The van der Waals surface area contributed by atoms with Crippen LogP contribution in [0.25, 0.3) is 0 Å². The van der Waals surface area contributed by atoms with Gasteiger partial charge in [-0.1, -0.05) is 19.1 Å². The number of methoxy groups -OCH3 is 1. The monoisotopic (exact) mass is 312 g/mol. The van der Waals surface area contributed by atoms with Gasteiger partial charge in [0.2, 0.25) is 10.0 Å². The molecule has 116 valence electrons. The first-order chi connectivity index (χ1) is 9.73. The number of amides is 1. The van der Waals surface area contributed by atoms with Crippen LogP contribution in [0.2, 0.25) is 0 Å². The number of primary amides is 1. The van der Waals surface area contributed by atoms with Gasteiger partial charge >= 0.3 is 0 Å². The Morgan fingerprint density at radius 2 is 2.05 bits per heavy atom. The van der Waals surface area contributed by atoms with E-state index in [9.17, 15) is 13.2 Å². The van der Waals surface area contributed by atoms with Crippen LogP contribution < -0.4 is 10.5 Å². The molecule has 1 rings (SSSR count). The highest BCUT2D eigenvalue weighted by molar-refractivity contribution is 7.89. The summed E-state index contributed by atoms with van der Waals surface area (Å²) in [5.74, 6) is -0.503. The second-order valence-corrected chi connectivity index (χ2v) is 6.55. The second-order valence-electron chi connectivity index (χ2n) is 4.61. The van der Waals surface area contributed by atoms with Crippen LogP contribution in [0.3, 0.4) is 0 Å². The van der Waals surface area contributed by atoms with E-state index in [0.717, 1.165) is 5.57 Å². The molecule has 0 unspecified atom stereocenters. The Hall–Kier alpha value is -1.86. The Kier molecular flexibility index (Phi) is 5.51. The number of rotatable bonds is 7. The zero-order valence-corrected chi connectivity index (χ0v) is 13.2. The Labute approximate surface area is 125 Å². The molecule has 2 N–H and O–H groups in total. The third-order valence-corrected chi connectivity index (χ3v) is 4.79. The van der Waals surface area contributed by atoms with E-state index in [2.05, 4.69) is 6.58 Å². The van der Waals surface area contributed by atoms with Gasteiger partial charge in [-0.25, -0.2) is 8.42 Å². The summed E-state index contributed by atoms with van der Waals surface area (Å²) in [6.45, 7) is 7.73. The summed E-state index contributed by atoms with van der Waals surface area (Å²) in [7, 11) is -2.33. The fourth-order valence-electron chi connectivity index (χ4n) is 1.86. The average molecular weight is 312 g/mol. The van der Waals surface area contributed by atoms with Crippen LogP contribution in [0.15, 0.2) is 35.2 Å². The van der Waals surface area contributed by atoms with Crippen LogP contribution in [0, 0.1) is 0 Å². The van der Waals surface area contributed by atoms with Gasteiger partial charge in [-0.2, -0.15) is 4.31 Å². The summed E-state index contributed by atoms with van der Waals surface area (Å²) in [5, 5.41) is 0. The second kappa shape index (κ2) is 6.73. The van der Waals surface area contributed by atoms with E-state index in [-0.39, 0.29) is 22.8 Å². The number of nitrogens with zero attached hydrogens (tertiary/aromatic N) is 1. The van der Waals surface area contributed by atoms with E-state index in [0.29, 0.717) is 6.54 Å².